The molecule has 0 saturated carbocycles. The number of carbonyl (C=O) groups is 1. The Balaban J connectivity index is 2.75. The lowest BCUT2D eigenvalue weighted by molar-refractivity contribution is 0.0695. The van der Waals surface area contributed by atoms with Crippen molar-refractivity contribution in [1.82, 2.24) is 14.8 Å². The van der Waals surface area contributed by atoms with Crippen LogP contribution in [-0.4, -0.2) is 25.8 Å². The minimum Gasteiger partial charge on any atom is -0.478 e. The van der Waals surface area contributed by atoms with Gasteiger partial charge in [-0.15, -0.1) is 0 Å². The zero-order valence-electron chi connectivity index (χ0n) is 10.9. The van der Waals surface area contributed by atoms with Crippen molar-refractivity contribution in [2.45, 2.75) is 27.7 Å². The SMILES string of the molecule is Cc1ccnc(-n2nc(C)c(C)c2C)c1C(=O)O. The number of pyridine rings is 1. The number of carboxylic acid groups (broad SMARTS) is 1. The van der Waals surface area contributed by atoms with Crippen LogP contribution in [0.4, 0.5) is 0 Å². The molecule has 0 radical (unpaired) electrons. The Kier molecular flexibility index (Phi) is 2.90. The minimum atomic E-state index is -0.985. The summed E-state index contributed by atoms with van der Waals surface area (Å²) in [6.45, 7) is 7.53. The molecule has 0 fully saturated rings. The van der Waals surface area contributed by atoms with Gasteiger partial charge in [0.1, 0.15) is 5.56 Å². The molecule has 2 rings (SSSR count). The average Bonchev–Trinajstić information content (AvgIpc) is 2.56. The number of aryl methyl sites for hydroxylation is 2. The maximum Gasteiger partial charge on any atom is 0.339 e. The van der Waals surface area contributed by atoms with Crippen LogP contribution in [0.25, 0.3) is 5.82 Å². The van der Waals surface area contributed by atoms with E-state index in [1.54, 1.807) is 23.9 Å². The second kappa shape index (κ2) is 4.25. The van der Waals surface area contributed by atoms with Crippen molar-refractivity contribution in [1.29, 1.82) is 0 Å². The standard InChI is InChI=1S/C13H15N3O2/c1-7-5-6-14-12(11(7)13(17)18)16-10(4)8(2)9(3)15-16/h5-6H,1-4H3,(H,17,18). The van der Waals surface area contributed by atoms with Gasteiger partial charge in [0.2, 0.25) is 0 Å². The highest BCUT2D eigenvalue weighted by molar-refractivity contribution is 5.92. The summed E-state index contributed by atoms with van der Waals surface area (Å²) < 4.78 is 1.60. The number of hydrogen-bond acceptors (Lipinski definition) is 3. The maximum absolute atomic E-state index is 11.3. The van der Waals surface area contributed by atoms with Gasteiger partial charge in [0.05, 0.1) is 5.69 Å². The molecule has 0 aliphatic rings. The Morgan fingerprint density at radius 2 is 1.94 bits per heavy atom. The van der Waals surface area contributed by atoms with E-state index in [1.165, 1.54) is 0 Å². The predicted octanol–water partition coefficient (Wildman–Crippen LogP) is 2.20. The molecule has 5 nitrogen and oxygen atoms in total. The van der Waals surface area contributed by atoms with Crippen LogP contribution < -0.4 is 0 Å². The van der Waals surface area contributed by atoms with Gasteiger partial charge in [0.15, 0.2) is 5.82 Å². The lowest BCUT2D eigenvalue weighted by Gasteiger charge is -2.09. The van der Waals surface area contributed by atoms with Gasteiger partial charge in [-0.05, 0) is 44.9 Å². The van der Waals surface area contributed by atoms with Crippen LogP contribution in [0, 0.1) is 27.7 Å². The number of carboxylic acids is 1. The summed E-state index contributed by atoms with van der Waals surface area (Å²) in [7, 11) is 0. The highest BCUT2D eigenvalue weighted by Gasteiger charge is 2.19. The molecule has 18 heavy (non-hydrogen) atoms. The van der Waals surface area contributed by atoms with Gasteiger partial charge in [-0.25, -0.2) is 14.5 Å². The fourth-order valence-corrected chi connectivity index (χ4v) is 1.90. The van der Waals surface area contributed by atoms with Crippen molar-refractivity contribution in [3.63, 3.8) is 0 Å². The van der Waals surface area contributed by atoms with Gasteiger partial charge in [-0.3, -0.25) is 0 Å². The van der Waals surface area contributed by atoms with E-state index in [9.17, 15) is 9.90 Å². The first-order chi connectivity index (χ1) is 8.43. The van der Waals surface area contributed by atoms with Crippen molar-refractivity contribution in [2.75, 3.05) is 0 Å². The van der Waals surface area contributed by atoms with E-state index in [4.69, 9.17) is 0 Å². The van der Waals surface area contributed by atoms with Crippen LogP contribution in [0.3, 0.4) is 0 Å². The molecule has 2 aromatic rings. The molecule has 0 aromatic carbocycles. The Morgan fingerprint density at radius 3 is 2.44 bits per heavy atom. The first-order valence-electron chi connectivity index (χ1n) is 5.65. The van der Waals surface area contributed by atoms with Gasteiger partial charge in [0.25, 0.3) is 0 Å². The van der Waals surface area contributed by atoms with Crippen molar-refractivity contribution in [3.8, 4) is 5.82 Å². The monoisotopic (exact) mass is 245 g/mol. The smallest absolute Gasteiger partial charge is 0.339 e. The third-order valence-electron chi connectivity index (χ3n) is 3.21. The van der Waals surface area contributed by atoms with E-state index in [1.807, 2.05) is 20.8 Å². The molecule has 0 aliphatic heterocycles. The number of rotatable bonds is 2. The molecule has 0 saturated heterocycles. The fourth-order valence-electron chi connectivity index (χ4n) is 1.90. The molecule has 2 aromatic heterocycles. The highest BCUT2D eigenvalue weighted by atomic mass is 16.4. The number of aromatic carboxylic acids is 1. The van der Waals surface area contributed by atoms with Gasteiger partial charge in [-0.2, -0.15) is 5.10 Å². The van der Waals surface area contributed by atoms with Crippen LogP contribution in [0.15, 0.2) is 12.3 Å². The largest absolute Gasteiger partial charge is 0.478 e. The number of hydrogen-bond donors (Lipinski definition) is 1. The van der Waals surface area contributed by atoms with Crippen LogP contribution in [0.2, 0.25) is 0 Å². The zero-order chi connectivity index (χ0) is 13.4. The van der Waals surface area contributed by atoms with E-state index in [-0.39, 0.29) is 5.56 Å². The van der Waals surface area contributed by atoms with E-state index in [0.717, 1.165) is 17.0 Å². The topological polar surface area (TPSA) is 68.0 Å². The Hall–Kier alpha value is -2.17. The summed E-state index contributed by atoms with van der Waals surface area (Å²) in [5, 5.41) is 13.6. The first-order valence-corrected chi connectivity index (χ1v) is 5.65. The van der Waals surface area contributed by atoms with Gasteiger partial charge in [-0.1, -0.05) is 0 Å². The van der Waals surface area contributed by atoms with Gasteiger partial charge in [0, 0.05) is 11.9 Å². The lowest BCUT2D eigenvalue weighted by atomic mass is 10.1. The normalized spacial score (nSPS) is 10.7. The zero-order valence-corrected chi connectivity index (χ0v) is 10.9. The quantitative estimate of drug-likeness (QED) is 0.880. The Labute approximate surface area is 105 Å². The summed E-state index contributed by atoms with van der Waals surface area (Å²) in [6.07, 6.45) is 1.60. The summed E-state index contributed by atoms with van der Waals surface area (Å²) in [4.78, 5) is 15.5. The fraction of sp³-hybridized carbons (Fsp3) is 0.308. The summed E-state index contributed by atoms with van der Waals surface area (Å²) in [5.74, 6) is -0.614. The minimum absolute atomic E-state index is 0.197. The van der Waals surface area contributed by atoms with E-state index in [2.05, 4.69) is 10.1 Å². The summed E-state index contributed by atoms with van der Waals surface area (Å²) in [6, 6.07) is 1.69. The molecule has 0 amide bonds. The Morgan fingerprint density at radius 1 is 1.28 bits per heavy atom. The number of nitrogens with zero attached hydrogens (tertiary/aromatic N) is 3. The highest BCUT2D eigenvalue weighted by Crippen LogP contribution is 2.20. The molecular weight excluding hydrogens is 230 g/mol. The van der Waals surface area contributed by atoms with Gasteiger partial charge >= 0.3 is 5.97 Å². The van der Waals surface area contributed by atoms with Crippen molar-refractivity contribution >= 4 is 5.97 Å². The van der Waals surface area contributed by atoms with Gasteiger partial charge < -0.3 is 5.11 Å². The predicted molar refractivity (Wildman–Crippen MR) is 67.3 cm³/mol. The van der Waals surface area contributed by atoms with Crippen molar-refractivity contribution in [2.24, 2.45) is 0 Å². The third kappa shape index (κ3) is 1.77. The lowest BCUT2D eigenvalue weighted by Crippen LogP contribution is -2.12. The van der Waals surface area contributed by atoms with Crippen LogP contribution in [0.5, 0.6) is 0 Å². The van der Waals surface area contributed by atoms with Crippen LogP contribution in [-0.2, 0) is 0 Å². The number of aromatic nitrogens is 3. The molecule has 2 heterocycles. The van der Waals surface area contributed by atoms with E-state index < -0.39 is 5.97 Å². The summed E-state index contributed by atoms with van der Waals surface area (Å²) in [5.41, 5.74) is 3.72. The van der Waals surface area contributed by atoms with Crippen molar-refractivity contribution < 1.29 is 9.90 Å². The molecule has 0 spiro atoms. The molecular formula is C13H15N3O2. The van der Waals surface area contributed by atoms with Crippen LogP contribution in [0.1, 0.15) is 32.9 Å². The Bertz CT molecular complexity index is 629. The molecule has 1 N–H and O–H groups in total. The van der Waals surface area contributed by atoms with Crippen molar-refractivity contribution in [3.05, 3.63) is 40.3 Å². The molecule has 94 valence electrons. The average molecular weight is 245 g/mol. The van der Waals surface area contributed by atoms with E-state index in [0.29, 0.717) is 11.4 Å². The first kappa shape index (κ1) is 12.3. The molecule has 0 bridgehead atoms. The van der Waals surface area contributed by atoms with E-state index >= 15 is 0 Å². The third-order valence-corrected chi connectivity index (χ3v) is 3.21. The molecule has 5 heteroatoms. The molecule has 0 atom stereocenters. The second-order valence-electron chi connectivity index (χ2n) is 4.34. The summed E-state index contributed by atoms with van der Waals surface area (Å²) >= 11 is 0. The molecule has 0 unspecified atom stereocenters. The molecule has 0 aliphatic carbocycles. The second-order valence-corrected chi connectivity index (χ2v) is 4.34. The maximum atomic E-state index is 11.3. The van der Waals surface area contributed by atoms with Crippen LogP contribution >= 0.6 is 0 Å².